The lowest BCUT2D eigenvalue weighted by molar-refractivity contribution is 0.355. The summed E-state index contributed by atoms with van der Waals surface area (Å²) in [6.45, 7) is 8.84. The molecule has 0 radical (unpaired) electrons. The van der Waals surface area contributed by atoms with Gasteiger partial charge >= 0.3 is 10.3 Å². The Bertz CT molecular complexity index is 1750. The van der Waals surface area contributed by atoms with E-state index in [2.05, 4.69) is 125 Å². The zero-order chi connectivity index (χ0) is 32.3. The third-order valence-electron chi connectivity index (χ3n) is 8.65. The average Bonchev–Trinajstić information content (AvgIpc) is 3.47. The minimum absolute atomic E-state index is 0.132. The fraction of sp³-hybridized carbons (Fsp3) is 0.231. The summed E-state index contributed by atoms with van der Waals surface area (Å²) in [7, 11) is -5.74. The van der Waals surface area contributed by atoms with Crippen molar-refractivity contribution in [2.24, 2.45) is 0 Å². The summed E-state index contributed by atoms with van der Waals surface area (Å²) in [6, 6.07) is 43.8. The molecule has 0 saturated carbocycles. The Labute approximate surface area is 277 Å². The van der Waals surface area contributed by atoms with Gasteiger partial charge in [0.25, 0.3) is 0 Å². The van der Waals surface area contributed by atoms with Crippen LogP contribution in [0.4, 0.5) is 0 Å². The van der Waals surface area contributed by atoms with Gasteiger partial charge in [0, 0.05) is 18.2 Å². The van der Waals surface area contributed by atoms with Crippen molar-refractivity contribution in [1.82, 2.24) is 4.31 Å². The lowest BCUT2D eigenvalue weighted by Crippen LogP contribution is -2.41. The van der Waals surface area contributed by atoms with Gasteiger partial charge < -0.3 is 4.18 Å². The normalized spacial score (nSPS) is 17.1. The van der Waals surface area contributed by atoms with Crippen molar-refractivity contribution in [2.45, 2.75) is 45.8 Å². The molecule has 2 atom stereocenters. The summed E-state index contributed by atoms with van der Waals surface area (Å²) >= 11 is 0. The van der Waals surface area contributed by atoms with Crippen LogP contribution in [-0.4, -0.2) is 37.1 Å². The number of rotatable bonds is 10. The molecular weight excluding hydrogens is 624 g/mol. The maximum Gasteiger partial charge on any atom is 0.385 e. The molecule has 0 spiro atoms. The molecule has 1 saturated heterocycles. The number of nitrogens with zero attached hydrogens (tertiary/aromatic N) is 1. The minimum atomic E-state index is -4.08. The molecule has 4 nitrogen and oxygen atoms in total. The fourth-order valence-electron chi connectivity index (χ4n) is 6.14. The molecule has 2 unspecified atom stereocenters. The Kier molecular flexibility index (Phi) is 10.1. The van der Waals surface area contributed by atoms with Gasteiger partial charge in [-0.3, -0.25) is 0 Å². The highest BCUT2D eigenvalue weighted by atomic mass is 32.2. The number of aryl methyl sites for hydroxylation is 4. The molecule has 5 aromatic carbocycles. The van der Waals surface area contributed by atoms with Crippen LogP contribution in [0, 0.1) is 27.7 Å². The van der Waals surface area contributed by atoms with Crippen molar-refractivity contribution >= 4 is 47.4 Å². The lowest BCUT2D eigenvalue weighted by atomic mass is 10.2. The summed E-state index contributed by atoms with van der Waals surface area (Å²) < 4.78 is 35.9. The molecular formula is C39H41NO3P2S. The second-order valence-electron chi connectivity index (χ2n) is 12.3. The van der Waals surface area contributed by atoms with Crippen molar-refractivity contribution in [2.75, 3.05) is 12.7 Å². The van der Waals surface area contributed by atoms with Crippen LogP contribution >= 0.6 is 15.8 Å². The molecule has 0 bridgehead atoms. The van der Waals surface area contributed by atoms with Crippen LogP contribution in [0.1, 0.15) is 28.7 Å². The van der Waals surface area contributed by atoms with E-state index in [1.807, 2.05) is 6.07 Å². The van der Waals surface area contributed by atoms with Crippen LogP contribution in [0.15, 0.2) is 127 Å². The monoisotopic (exact) mass is 665 g/mol. The largest absolute Gasteiger partial charge is 0.385 e. The maximum absolute atomic E-state index is 14.2. The van der Waals surface area contributed by atoms with Gasteiger partial charge in [-0.1, -0.05) is 138 Å². The molecule has 0 N–H and O–H groups in total. The first-order valence-electron chi connectivity index (χ1n) is 15.8. The standard InChI is InChI=1S/C39H41NO3P2S/c1-29-10-18-35(19-11-29)44(36-20-12-30(2)13-21-36)28-33-26-39(27-40(33)46(41,42)43-34-8-6-5-7-9-34)45(37-22-14-31(3)15-23-37)38-24-16-32(4)17-25-38/h5-25,33,39H,26-28H2,1-4H3. The molecule has 0 amide bonds. The first-order chi connectivity index (χ1) is 22.2. The Morgan fingerprint density at radius 3 is 1.46 bits per heavy atom. The van der Waals surface area contributed by atoms with E-state index in [0.29, 0.717) is 12.3 Å². The van der Waals surface area contributed by atoms with E-state index >= 15 is 0 Å². The smallest absolute Gasteiger partial charge is 0.371 e. The van der Waals surface area contributed by atoms with Crippen molar-refractivity contribution < 1.29 is 12.6 Å². The first-order valence-corrected chi connectivity index (χ1v) is 20.1. The molecule has 0 aliphatic carbocycles. The highest BCUT2D eigenvalue weighted by Crippen LogP contribution is 2.49. The zero-order valence-electron chi connectivity index (χ0n) is 26.9. The number of para-hydroxylation sites is 1. The highest BCUT2D eigenvalue weighted by molar-refractivity contribution is 7.84. The van der Waals surface area contributed by atoms with Crippen molar-refractivity contribution in [3.8, 4) is 5.75 Å². The summed E-state index contributed by atoms with van der Waals surface area (Å²) in [5, 5.41) is 5.06. The molecule has 6 rings (SSSR count). The van der Waals surface area contributed by atoms with Gasteiger partial charge in [0.05, 0.1) is 0 Å². The van der Waals surface area contributed by atoms with Crippen molar-refractivity contribution in [1.29, 1.82) is 0 Å². The van der Waals surface area contributed by atoms with Crippen LogP contribution in [0.2, 0.25) is 0 Å². The van der Waals surface area contributed by atoms with Crippen LogP contribution in [-0.2, 0) is 10.3 Å². The van der Waals surface area contributed by atoms with Crippen LogP contribution in [0.3, 0.4) is 0 Å². The summed E-state index contributed by atoms with van der Waals surface area (Å²) in [4.78, 5) is 0. The SMILES string of the molecule is Cc1ccc(P(CC2CC(P(c3ccc(C)cc3)c3ccc(C)cc3)CN2S(=O)(=O)Oc2ccccc2)c2ccc(C)cc2)cc1. The predicted molar refractivity (Wildman–Crippen MR) is 197 cm³/mol. The molecule has 1 aliphatic rings. The second-order valence-corrected chi connectivity index (χ2v) is 18.5. The molecule has 46 heavy (non-hydrogen) atoms. The third-order valence-corrected chi connectivity index (χ3v) is 15.5. The Morgan fingerprint density at radius 2 is 1.02 bits per heavy atom. The van der Waals surface area contributed by atoms with Crippen molar-refractivity contribution in [3.63, 3.8) is 0 Å². The predicted octanol–water partition coefficient (Wildman–Crippen LogP) is 7.25. The third kappa shape index (κ3) is 7.62. The van der Waals surface area contributed by atoms with Crippen molar-refractivity contribution in [3.05, 3.63) is 150 Å². The molecule has 1 aliphatic heterocycles. The van der Waals surface area contributed by atoms with E-state index in [1.165, 1.54) is 43.5 Å². The van der Waals surface area contributed by atoms with Gasteiger partial charge in [0.15, 0.2) is 0 Å². The van der Waals surface area contributed by atoms with Gasteiger partial charge in [0.2, 0.25) is 0 Å². The van der Waals surface area contributed by atoms with Crippen LogP contribution in [0.25, 0.3) is 0 Å². The van der Waals surface area contributed by atoms with E-state index in [-0.39, 0.29) is 11.7 Å². The maximum atomic E-state index is 14.2. The van der Waals surface area contributed by atoms with E-state index in [4.69, 9.17) is 4.18 Å². The van der Waals surface area contributed by atoms with Gasteiger partial charge in [-0.2, -0.15) is 12.7 Å². The Hall–Kier alpha value is -3.33. The summed E-state index contributed by atoms with van der Waals surface area (Å²) in [6.07, 6.45) is 1.49. The summed E-state index contributed by atoms with van der Waals surface area (Å²) in [5.74, 6) is 0.336. The quantitative estimate of drug-likeness (QED) is 0.148. The minimum Gasteiger partial charge on any atom is -0.371 e. The number of hydrogen-bond acceptors (Lipinski definition) is 3. The van der Waals surface area contributed by atoms with Crippen LogP contribution in [0.5, 0.6) is 5.75 Å². The van der Waals surface area contributed by atoms with E-state index in [0.717, 1.165) is 12.6 Å². The molecule has 0 aromatic heterocycles. The summed E-state index contributed by atoms with van der Waals surface area (Å²) in [5.41, 5.74) is 4.99. The lowest BCUT2D eigenvalue weighted by Gasteiger charge is -2.28. The fourth-order valence-corrected chi connectivity index (χ4v) is 13.1. The topological polar surface area (TPSA) is 46.6 Å². The van der Waals surface area contributed by atoms with E-state index in [1.54, 1.807) is 28.6 Å². The molecule has 236 valence electrons. The second kappa shape index (κ2) is 14.2. The van der Waals surface area contributed by atoms with Crippen LogP contribution < -0.4 is 25.4 Å². The highest BCUT2D eigenvalue weighted by Gasteiger charge is 2.45. The first kappa shape index (κ1) is 32.6. The molecule has 1 heterocycles. The van der Waals surface area contributed by atoms with E-state index in [9.17, 15) is 8.42 Å². The van der Waals surface area contributed by atoms with E-state index < -0.39 is 26.1 Å². The van der Waals surface area contributed by atoms with Gasteiger partial charge in [-0.05, 0) is 89.5 Å². The molecule has 7 heteroatoms. The van der Waals surface area contributed by atoms with Gasteiger partial charge in [-0.15, -0.1) is 0 Å². The molecule has 1 fully saturated rings. The average molecular weight is 666 g/mol. The Morgan fingerprint density at radius 1 is 0.609 bits per heavy atom. The number of hydrogen-bond donors (Lipinski definition) is 0. The van der Waals surface area contributed by atoms with Gasteiger partial charge in [0.1, 0.15) is 5.75 Å². The zero-order valence-corrected chi connectivity index (χ0v) is 29.5. The number of benzene rings is 5. The Balaban J connectivity index is 1.42. The van der Waals surface area contributed by atoms with Gasteiger partial charge in [-0.25, -0.2) is 0 Å². The molecule has 5 aromatic rings.